The first-order chi connectivity index (χ1) is 13.2. The van der Waals surface area contributed by atoms with Gasteiger partial charge in [0.2, 0.25) is 5.91 Å². The molecular weight excluding hydrogens is 398 g/mol. The van der Waals surface area contributed by atoms with Crippen LogP contribution in [0.1, 0.15) is 25.0 Å². The third-order valence-electron chi connectivity index (χ3n) is 4.50. The Kier molecular flexibility index (Phi) is 5.76. The maximum atomic E-state index is 13.0. The zero-order valence-corrected chi connectivity index (χ0v) is 17.5. The van der Waals surface area contributed by atoms with Crippen molar-refractivity contribution in [1.29, 1.82) is 0 Å². The summed E-state index contributed by atoms with van der Waals surface area (Å²) in [5.41, 5.74) is 1.39. The smallest absolute Gasteiger partial charge is 0.263 e. The third-order valence-corrected chi connectivity index (χ3v) is 6.13. The van der Waals surface area contributed by atoms with Gasteiger partial charge in [-0.05, 0) is 35.7 Å². The van der Waals surface area contributed by atoms with Gasteiger partial charge in [-0.15, -0.1) is 0 Å². The van der Waals surface area contributed by atoms with Gasteiger partial charge in [0, 0.05) is 24.2 Å². The summed E-state index contributed by atoms with van der Waals surface area (Å²) in [6, 6.07) is 13.2. The normalized spacial score (nSPS) is 17.2. The minimum absolute atomic E-state index is 0.112. The van der Waals surface area contributed by atoms with Crippen LogP contribution in [0.5, 0.6) is 0 Å². The molecule has 0 aliphatic carbocycles. The Labute approximate surface area is 170 Å². The molecule has 1 aliphatic heterocycles. The lowest BCUT2D eigenvalue weighted by Crippen LogP contribution is -2.39. The number of benzene rings is 2. The highest BCUT2D eigenvalue weighted by molar-refractivity contribution is 7.90. The summed E-state index contributed by atoms with van der Waals surface area (Å²) < 4.78 is 27.0. The molecule has 3 rings (SSSR count). The molecule has 1 N–H and O–H groups in total. The maximum absolute atomic E-state index is 13.0. The molecule has 2 aromatic rings. The fourth-order valence-corrected chi connectivity index (χ4v) is 4.52. The molecule has 0 bridgehead atoms. The van der Waals surface area contributed by atoms with Crippen LogP contribution in [0.2, 0.25) is 5.02 Å². The largest absolute Gasteiger partial charge is 0.340 e. The number of amides is 1. The SMILES string of the molecule is CC(C)[C@H](N=C1NS(=O)(=O)c2ccccc21)C(=O)N(C)Cc1cccc(Cl)c1. The van der Waals surface area contributed by atoms with Crippen LogP contribution in [0.25, 0.3) is 0 Å². The number of fused-ring (bicyclic) bond motifs is 1. The monoisotopic (exact) mass is 419 g/mol. The number of nitrogens with zero attached hydrogens (tertiary/aromatic N) is 2. The second-order valence-electron chi connectivity index (χ2n) is 7.09. The van der Waals surface area contributed by atoms with E-state index in [1.807, 2.05) is 32.0 Å². The molecule has 0 fully saturated rings. The van der Waals surface area contributed by atoms with E-state index in [9.17, 15) is 13.2 Å². The maximum Gasteiger partial charge on any atom is 0.263 e. The van der Waals surface area contributed by atoms with Gasteiger partial charge in [0.1, 0.15) is 11.9 Å². The molecule has 0 radical (unpaired) electrons. The second kappa shape index (κ2) is 7.93. The predicted octanol–water partition coefficient (Wildman–Crippen LogP) is 3.06. The molecule has 8 heteroatoms. The van der Waals surface area contributed by atoms with Crippen molar-refractivity contribution in [3.05, 3.63) is 64.7 Å². The van der Waals surface area contributed by atoms with Crippen molar-refractivity contribution in [3.8, 4) is 0 Å². The Morgan fingerprint density at radius 2 is 1.89 bits per heavy atom. The average Bonchev–Trinajstić information content (AvgIpc) is 2.89. The summed E-state index contributed by atoms with van der Waals surface area (Å²) in [6.07, 6.45) is 0. The predicted molar refractivity (Wildman–Crippen MR) is 110 cm³/mol. The number of amidine groups is 1. The van der Waals surface area contributed by atoms with Crippen molar-refractivity contribution in [1.82, 2.24) is 9.62 Å². The third kappa shape index (κ3) is 4.20. The Morgan fingerprint density at radius 3 is 2.57 bits per heavy atom. The Bertz CT molecular complexity index is 1030. The van der Waals surface area contributed by atoms with E-state index in [0.29, 0.717) is 17.1 Å². The summed E-state index contributed by atoms with van der Waals surface area (Å²) in [7, 11) is -1.95. The number of carbonyl (C=O) groups is 1. The summed E-state index contributed by atoms with van der Waals surface area (Å²) in [4.78, 5) is 19.3. The molecule has 1 heterocycles. The molecule has 0 unspecified atom stereocenters. The molecule has 148 valence electrons. The zero-order chi connectivity index (χ0) is 20.5. The quantitative estimate of drug-likeness (QED) is 0.808. The van der Waals surface area contributed by atoms with Crippen molar-refractivity contribution in [3.63, 3.8) is 0 Å². The van der Waals surface area contributed by atoms with Gasteiger partial charge < -0.3 is 4.90 Å². The lowest BCUT2D eigenvalue weighted by Gasteiger charge is -2.24. The van der Waals surface area contributed by atoms with Crippen LogP contribution in [-0.2, 0) is 21.4 Å². The fourth-order valence-electron chi connectivity index (χ4n) is 3.07. The first-order valence-electron chi connectivity index (χ1n) is 8.88. The zero-order valence-electron chi connectivity index (χ0n) is 15.9. The Hall–Kier alpha value is -2.38. The number of halogens is 1. The molecule has 2 aromatic carbocycles. The number of aliphatic imine (C=N–C) groups is 1. The van der Waals surface area contributed by atoms with Gasteiger partial charge in [0.05, 0.1) is 4.90 Å². The standard InChI is InChI=1S/C20H22ClN3O3S/c1-13(2)18(20(25)24(3)12-14-7-6-8-15(21)11-14)22-19-16-9-4-5-10-17(16)28(26,27)23-19/h4-11,13,18H,12H2,1-3H3,(H,22,23)/t18-/m0/s1. The number of sulfonamides is 1. The summed E-state index contributed by atoms with van der Waals surface area (Å²) in [6.45, 7) is 4.15. The highest BCUT2D eigenvalue weighted by Gasteiger charge is 2.33. The van der Waals surface area contributed by atoms with Gasteiger partial charge in [-0.2, -0.15) is 0 Å². The second-order valence-corrected chi connectivity index (χ2v) is 9.18. The van der Waals surface area contributed by atoms with Gasteiger partial charge >= 0.3 is 0 Å². The van der Waals surface area contributed by atoms with E-state index >= 15 is 0 Å². The van der Waals surface area contributed by atoms with Crippen molar-refractivity contribution >= 4 is 33.4 Å². The van der Waals surface area contributed by atoms with Crippen LogP contribution in [0.4, 0.5) is 0 Å². The van der Waals surface area contributed by atoms with Crippen LogP contribution >= 0.6 is 11.6 Å². The molecule has 0 aromatic heterocycles. The molecule has 0 saturated heterocycles. The molecule has 0 saturated carbocycles. The van der Waals surface area contributed by atoms with Gasteiger partial charge in [0.25, 0.3) is 10.0 Å². The van der Waals surface area contributed by atoms with Crippen LogP contribution in [0, 0.1) is 5.92 Å². The van der Waals surface area contributed by atoms with E-state index in [4.69, 9.17) is 11.6 Å². The minimum Gasteiger partial charge on any atom is -0.340 e. The molecule has 0 spiro atoms. The molecule has 6 nitrogen and oxygen atoms in total. The number of carbonyl (C=O) groups excluding carboxylic acids is 1. The van der Waals surface area contributed by atoms with Crippen molar-refractivity contribution < 1.29 is 13.2 Å². The Morgan fingerprint density at radius 1 is 1.18 bits per heavy atom. The molecule has 1 amide bonds. The lowest BCUT2D eigenvalue weighted by atomic mass is 10.0. The molecule has 1 aliphatic rings. The molecular formula is C20H22ClN3O3S. The number of rotatable bonds is 5. The van der Waals surface area contributed by atoms with E-state index in [-0.39, 0.29) is 22.6 Å². The van der Waals surface area contributed by atoms with Crippen molar-refractivity contribution in [2.45, 2.75) is 31.3 Å². The first-order valence-corrected chi connectivity index (χ1v) is 10.7. The van der Waals surface area contributed by atoms with Crippen LogP contribution in [-0.4, -0.2) is 38.2 Å². The minimum atomic E-state index is -3.65. The summed E-state index contributed by atoms with van der Waals surface area (Å²) in [5, 5.41) is 0.607. The van der Waals surface area contributed by atoms with E-state index in [1.54, 1.807) is 36.2 Å². The van der Waals surface area contributed by atoms with E-state index < -0.39 is 16.1 Å². The summed E-state index contributed by atoms with van der Waals surface area (Å²) in [5.74, 6) is -0.0936. The van der Waals surface area contributed by atoms with Crippen LogP contribution in [0.15, 0.2) is 58.4 Å². The summed E-state index contributed by atoms with van der Waals surface area (Å²) >= 11 is 6.02. The van der Waals surface area contributed by atoms with E-state index in [1.165, 1.54) is 6.07 Å². The van der Waals surface area contributed by atoms with Crippen LogP contribution < -0.4 is 4.72 Å². The highest BCUT2D eigenvalue weighted by atomic mass is 35.5. The lowest BCUT2D eigenvalue weighted by molar-refractivity contribution is -0.132. The van der Waals surface area contributed by atoms with Gasteiger partial charge in [-0.3, -0.25) is 14.5 Å². The van der Waals surface area contributed by atoms with Crippen molar-refractivity contribution in [2.24, 2.45) is 10.9 Å². The Balaban J connectivity index is 1.88. The number of nitrogens with one attached hydrogen (secondary N) is 1. The molecule has 1 atom stereocenters. The van der Waals surface area contributed by atoms with Gasteiger partial charge in [-0.1, -0.05) is 49.7 Å². The van der Waals surface area contributed by atoms with E-state index in [0.717, 1.165) is 5.56 Å². The number of hydrogen-bond acceptors (Lipinski definition) is 4. The van der Waals surface area contributed by atoms with Crippen molar-refractivity contribution in [2.75, 3.05) is 7.05 Å². The average molecular weight is 420 g/mol. The fraction of sp³-hybridized carbons (Fsp3) is 0.300. The molecule has 28 heavy (non-hydrogen) atoms. The topological polar surface area (TPSA) is 78.8 Å². The first kappa shape index (κ1) is 20.4. The van der Waals surface area contributed by atoms with E-state index in [2.05, 4.69) is 9.71 Å². The van der Waals surface area contributed by atoms with Gasteiger partial charge in [0.15, 0.2) is 0 Å². The number of likely N-dealkylation sites (N-methyl/N-ethyl adjacent to an activating group) is 1. The van der Waals surface area contributed by atoms with Gasteiger partial charge in [-0.25, -0.2) is 8.42 Å². The van der Waals surface area contributed by atoms with Crippen LogP contribution in [0.3, 0.4) is 0 Å². The number of hydrogen-bond donors (Lipinski definition) is 1. The highest BCUT2D eigenvalue weighted by Crippen LogP contribution is 2.24.